The number of hydrogen-bond donors (Lipinski definition) is 0. The van der Waals surface area contributed by atoms with E-state index in [0.717, 1.165) is 0 Å². The minimum atomic E-state index is 0. The molecule has 0 aromatic carbocycles. The van der Waals surface area contributed by atoms with E-state index in [1.807, 2.05) is 0 Å². The van der Waals surface area contributed by atoms with E-state index >= 15 is 0 Å². The van der Waals surface area contributed by atoms with Gasteiger partial charge in [-0.1, -0.05) is 0 Å². The minimum absolute atomic E-state index is 0. The molecule has 24 valence electrons. The monoisotopic (exact) mass is 66.0 g/mol. The summed E-state index contributed by atoms with van der Waals surface area (Å²) < 4.78 is 18.2. The molecule has 0 amide bonds. The molecule has 0 rings (SSSR count). The van der Waals surface area contributed by atoms with Gasteiger partial charge in [0.1, 0.15) is 0 Å². The Morgan fingerprint density at radius 1 is 1.25 bits per heavy atom. The van der Waals surface area contributed by atoms with E-state index in [0.29, 0.717) is 0 Å². The van der Waals surface area contributed by atoms with E-state index in [1.165, 1.54) is 5.15 Å². The molecule has 4 heavy (non-hydrogen) atoms. The van der Waals surface area contributed by atoms with Crippen molar-refractivity contribution in [3.8, 4) is 0 Å². The van der Waals surface area contributed by atoms with E-state index in [4.69, 9.17) is 9.05 Å². The second kappa shape index (κ2) is 13.9. The first-order chi connectivity index (χ1) is 1.41. The predicted molar refractivity (Wildman–Crippen MR) is 6.54 cm³/mol. The van der Waals surface area contributed by atoms with Gasteiger partial charge >= 0.3 is 0 Å². The lowest BCUT2D eigenvalue weighted by atomic mass is 12.0. The van der Waals surface area contributed by atoms with Gasteiger partial charge in [0.15, 0.2) is 0 Å². The maximum Gasteiger partial charge on any atom is 0.0209 e. The highest BCUT2D eigenvalue weighted by Crippen LogP contribution is 1.61. The third kappa shape index (κ3) is 37.8. The Hall–Kier alpha value is -0.180. The zero-order valence-electron chi connectivity index (χ0n) is 1.66. The molecule has 0 aliphatic carbocycles. The topological polar surface area (TPSA) is 9.23 Å². The molecule has 0 unspecified atom stereocenters. The molecule has 0 bridgehead atoms. The maximum absolute atomic E-state index is 9.12. The smallest absolute Gasteiger partial charge is 0.0104 e. The lowest BCUT2D eigenvalue weighted by Crippen LogP contribution is -1.26. The fourth-order valence-corrected chi connectivity index (χ4v) is 0. The van der Waals surface area contributed by atoms with E-state index in [9.17, 15) is 0 Å². The van der Waals surface area contributed by atoms with Crippen LogP contribution in [0.5, 0.6) is 0 Å². The minimum Gasteiger partial charge on any atom is -0.0104 e. The first-order valence-electron chi connectivity index (χ1n) is 0.309. The van der Waals surface area contributed by atoms with Crippen LogP contribution in [0.1, 0.15) is 0 Å². The quantitative estimate of drug-likeness (QED) is 0.407. The van der Waals surface area contributed by atoms with Crippen molar-refractivity contribution in [1.82, 2.24) is 0 Å². The van der Waals surface area contributed by atoms with Crippen LogP contribution in [0, 0.1) is 7.43 Å². The van der Waals surface area contributed by atoms with Gasteiger partial charge in [-0.2, -0.15) is 0 Å². The van der Waals surface area contributed by atoms with Crippen molar-refractivity contribution in [2.45, 2.75) is 0 Å². The molecule has 0 saturated carbocycles. The highest BCUT2D eigenvalue weighted by Gasteiger charge is 1.42. The molecule has 0 saturated heterocycles. The van der Waals surface area contributed by atoms with Crippen LogP contribution in [0.3, 0.4) is 0 Å². The average Bonchev–Trinajstić information content (AvgIpc) is 0.918. The Balaban J connectivity index is 0. The molecule has 0 aromatic rings. The van der Waals surface area contributed by atoms with Gasteiger partial charge in [-0.25, -0.2) is 0 Å². The molecular weight excluding hydrogens is 66.0 g/mol. The summed E-state index contributed by atoms with van der Waals surface area (Å²) >= 11 is 0. The SMILES string of the molecule is FOF.[C]. The molecule has 3 heteroatoms. The lowest BCUT2D eigenvalue weighted by molar-refractivity contribution is -0.317. The first-order valence-corrected chi connectivity index (χ1v) is 0.309. The van der Waals surface area contributed by atoms with E-state index < -0.39 is 0 Å². The van der Waals surface area contributed by atoms with Crippen molar-refractivity contribution < 1.29 is 14.2 Å². The third-order valence-corrected chi connectivity index (χ3v) is 0. The summed E-state index contributed by atoms with van der Waals surface area (Å²) in [6.45, 7) is 0. The average molecular weight is 66.0 g/mol. The fourth-order valence-electron chi connectivity index (χ4n) is 0. The second-order valence-electron chi connectivity index (χ2n) is 0.0583. The maximum atomic E-state index is 9.12. The van der Waals surface area contributed by atoms with Crippen LogP contribution >= 0.6 is 0 Å². The van der Waals surface area contributed by atoms with Crippen molar-refractivity contribution in [3.63, 3.8) is 0 Å². The van der Waals surface area contributed by atoms with E-state index in [2.05, 4.69) is 0 Å². The Morgan fingerprint density at radius 2 is 1.25 bits per heavy atom. The Labute approximate surface area is 23.0 Å². The van der Waals surface area contributed by atoms with Crippen LogP contribution in [0.4, 0.5) is 9.05 Å². The van der Waals surface area contributed by atoms with Crippen LogP contribution in [-0.2, 0) is 5.15 Å². The molecule has 0 atom stereocenters. The van der Waals surface area contributed by atoms with E-state index in [1.54, 1.807) is 0 Å². The van der Waals surface area contributed by atoms with Crippen molar-refractivity contribution in [2.24, 2.45) is 0 Å². The summed E-state index contributed by atoms with van der Waals surface area (Å²) in [5.74, 6) is 0. The molecule has 0 aromatic heterocycles. The molecule has 1 nitrogen and oxygen atoms in total. The zero-order chi connectivity index (χ0) is 2.71. The van der Waals surface area contributed by atoms with Gasteiger partial charge in [-0.05, 0) is 9.05 Å². The molecule has 0 N–H and O–H groups in total. The van der Waals surface area contributed by atoms with Crippen LogP contribution in [0.15, 0.2) is 0 Å². The molecule has 0 aliphatic heterocycles. The van der Waals surface area contributed by atoms with Gasteiger partial charge in [-0.15, -0.1) is 0 Å². The summed E-state index contributed by atoms with van der Waals surface area (Å²) in [6, 6.07) is 0. The van der Waals surface area contributed by atoms with Gasteiger partial charge in [0.2, 0.25) is 0 Å². The summed E-state index contributed by atoms with van der Waals surface area (Å²) in [4.78, 5) is 0. The van der Waals surface area contributed by atoms with Gasteiger partial charge in [0.05, 0.1) is 0 Å². The van der Waals surface area contributed by atoms with Crippen LogP contribution in [0.25, 0.3) is 0 Å². The molecule has 4 radical (unpaired) electrons. The number of hydrogen-bond acceptors (Lipinski definition) is 1. The van der Waals surface area contributed by atoms with Crippen LogP contribution < -0.4 is 0 Å². The van der Waals surface area contributed by atoms with E-state index in [-0.39, 0.29) is 7.43 Å². The Bertz CT molecular complexity index is 6.00. The molecule has 0 heterocycles. The summed E-state index contributed by atoms with van der Waals surface area (Å²) in [7, 11) is 0. The van der Waals surface area contributed by atoms with Crippen LogP contribution in [0.2, 0.25) is 0 Å². The van der Waals surface area contributed by atoms with Crippen LogP contribution in [-0.4, -0.2) is 0 Å². The predicted octanol–water partition coefficient (Wildman–Crippen LogP) is 0.853. The second-order valence-corrected chi connectivity index (χ2v) is 0.0583. The van der Waals surface area contributed by atoms with Crippen molar-refractivity contribution in [1.29, 1.82) is 0 Å². The van der Waals surface area contributed by atoms with Gasteiger partial charge in [-0.3, -0.25) is 0 Å². The van der Waals surface area contributed by atoms with Gasteiger partial charge in [0, 0.05) is 12.6 Å². The van der Waals surface area contributed by atoms with Crippen molar-refractivity contribution in [3.05, 3.63) is 7.43 Å². The Kier molecular flexibility index (Phi) is 31.9. The highest BCUT2D eigenvalue weighted by molar-refractivity contribution is 3.24. The third-order valence-electron chi connectivity index (χ3n) is 0. The fraction of sp³-hybridized carbons (Fsp3) is 0. The normalized spacial score (nSPS) is 4.50. The summed E-state index contributed by atoms with van der Waals surface area (Å²) in [5, 5.41) is 1.25. The highest BCUT2D eigenvalue weighted by atomic mass is 19.6. The summed E-state index contributed by atoms with van der Waals surface area (Å²) in [5.41, 5.74) is 0. The molecule has 0 aliphatic rings. The first kappa shape index (κ1) is 9.17. The number of rotatable bonds is 0. The zero-order valence-corrected chi connectivity index (χ0v) is 1.66. The molecule has 0 spiro atoms. The molecule has 0 fully saturated rings. The van der Waals surface area contributed by atoms with Gasteiger partial charge < -0.3 is 0 Å². The van der Waals surface area contributed by atoms with Crippen molar-refractivity contribution in [2.75, 3.05) is 0 Å². The lowest BCUT2D eigenvalue weighted by Gasteiger charge is -1.41. The van der Waals surface area contributed by atoms with Gasteiger partial charge in [0.25, 0.3) is 0 Å². The Morgan fingerprint density at radius 3 is 1.25 bits per heavy atom. The standard InChI is InChI=1S/C.F2O/c;1-3-2. The summed E-state index contributed by atoms with van der Waals surface area (Å²) in [6.07, 6.45) is 0. The van der Waals surface area contributed by atoms with Crippen molar-refractivity contribution >= 4 is 0 Å². The number of halogens is 2. The largest absolute Gasteiger partial charge is 0.0209 e. The molecular formula is CF2O.